The van der Waals surface area contributed by atoms with Crippen LogP contribution in [0.5, 0.6) is 0 Å². The highest BCUT2D eigenvalue weighted by molar-refractivity contribution is 9.08. The Bertz CT molecular complexity index is 450. The van der Waals surface area contributed by atoms with Crippen LogP contribution in [-0.2, 0) is 5.33 Å². The minimum atomic E-state index is -0.106. The second-order valence-corrected chi connectivity index (χ2v) is 4.75. The van der Waals surface area contributed by atoms with E-state index in [1.54, 1.807) is 0 Å². The molecule has 0 nitrogen and oxygen atoms in total. The molecule has 0 aliphatic rings. The monoisotopic (exact) mass is 276 g/mol. The molecule has 0 bridgehead atoms. The zero-order valence-electron chi connectivity index (χ0n) is 6.55. The quantitative estimate of drug-likeness (QED) is 0.585. The lowest BCUT2D eigenvalue weighted by Gasteiger charge is -1.94. The molecule has 0 N–H and O–H groups in total. The number of benzene rings is 1. The van der Waals surface area contributed by atoms with Gasteiger partial charge in [-0.1, -0.05) is 15.9 Å². The molecule has 0 unspecified atom stereocenters. The number of fused-ring (bicyclic) bond motifs is 1. The van der Waals surface area contributed by atoms with E-state index in [0.29, 0.717) is 5.33 Å². The first-order valence-corrected chi connectivity index (χ1v) is 6.06. The van der Waals surface area contributed by atoms with Crippen LogP contribution in [0.3, 0.4) is 0 Å². The normalized spacial score (nSPS) is 11.0. The number of thiophene rings is 1. The Hall–Kier alpha value is -0.0600. The molecule has 0 saturated carbocycles. The Kier molecular flexibility index (Phi) is 2.62. The molecule has 0 atom stereocenters. The molecule has 1 heterocycles. The lowest BCUT2D eigenvalue weighted by atomic mass is 10.2. The first kappa shape index (κ1) is 9.49. The van der Waals surface area contributed by atoms with Crippen molar-refractivity contribution < 1.29 is 4.39 Å². The number of alkyl halides is 1. The number of hydrogen-bond donors (Lipinski definition) is 1. The molecule has 0 fully saturated rings. The number of hydrogen-bond acceptors (Lipinski definition) is 2. The second-order valence-electron chi connectivity index (χ2n) is 2.67. The van der Waals surface area contributed by atoms with Gasteiger partial charge in [0, 0.05) is 25.9 Å². The average Bonchev–Trinajstić information content (AvgIpc) is 2.40. The van der Waals surface area contributed by atoms with E-state index in [-0.39, 0.29) is 5.13 Å². The largest absolute Gasteiger partial charge is 0.195 e. The smallest absolute Gasteiger partial charge is 0.181 e. The first-order chi connectivity index (χ1) is 6.22. The van der Waals surface area contributed by atoms with Crippen molar-refractivity contribution in [2.45, 2.75) is 10.2 Å². The third-order valence-electron chi connectivity index (χ3n) is 1.86. The minimum Gasteiger partial charge on any atom is -0.195 e. The summed E-state index contributed by atoms with van der Waals surface area (Å²) in [6, 6.07) is 5.67. The van der Waals surface area contributed by atoms with E-state index in [2.05, 4.69) is 28.6 Å². The summed E-state index contributed by atoms with van der Waals surface area (Å²) in [4.78, 5) is 0.868. The molecule has 0 spiro atoms. The Morgan fingerprint density at radius 3 is 2.92 bits per heavy atom. The van der Waals surface area contributed by atoms with Crippen LogP contribution in [-0.4, -0.2) is 0 Å². The fraction of sp³-hybridized carbons (Fsp3) is 0.111. The van der Waals surface area contributed by atoms with Crippen LogP contribution in [0.15, 0.2) is 23.1 Å². The van der Waals surface area contributed by atoms with Crippen LogP contribution in [0.1, 0.15) is 5.56 Å². The van der Waals surface area contributed by atoms with E-state index >= 15 is 0 Å². The predicted molar refractivity (Wildman–Crippen MR) is 61.7 cm³/mol. The van der Waals surface area contributed by atoms with E-state index in [1.165, 1.54) is 11.3 Å². The highest BCUT2D eigenvalue weighted by atomic mass is 79.9. The molecule has 0 aliphatic heterocycles. The summed E-state index contributed by atoms with van der Waals surface area (Å²) >= 11 is 8.68. The maximum atomic E-state index is 13.3. The van der Waals surface area contributed by atoms with Crippen LogP contribution in [0.2, 0.25) is 0 Å². The standard InChI is InChI=1S/C9H6BrFS2/c10-4-7-6-3-5(12)1-2-8(6)13-9(7)11/h1-3,12H,4H2. The maximum Gasteiger partial charge on any atom is 0.181 e. The molecule has 68 valence electrons. The van der Waals surface area contributed by atoms with Crippen LogP contribution in [0.4, 0.5) is 4.39 Å². The minimum absolute atomic E-state index is 0.106. The van der Waals surface area contributed by atoms with E-state index in [0.717, 1.165) is 20.5 Å². The summed E-state index contributed by atoms with van der Waals surface area (Å²) in [5.74, 6) is 0. The van der Waals surface area contributed by atoms with Gasteiger partial charge in [0.15, 0.2) is 5.13 Å². The molecule has 2 aromatic rings. The van der Waals surface area contributed by atoms with Crippen LogP contribution in [0.25, 0.3) is 10.1 Å². The van der Waals surface area contributed by atoms with Gasteiger partial charge >= 0.3 is 0 Å². The molecule has 2 rings (SSSR count). The van der Waals surface area contributed by atoms with Crippen LogP contribution in [0, 0.1) is 5.13 Å². The Balaban J connectivity index is 2.80. The summed E-state index contributed by atoms with van der Waals surface area (Å²) in [5, 5.41) is 1.41. The molecule has 0 amide bonds. The second kappa shape index (κ2) is 3.59. The third-order valence-corrected chi connectivity index (χ3v) is 3.70. The van der Waals surface area contributed by atoms with Crippen molar-refractivity contribution in [2.75, 3.05) is 0 Å². The fourth-order valence-electron chi connectivity index (χ4n) is 1.23. The van der Waals surface area contributed by atoms with Crippen molar-refractivity contribution in [1.29, 1.82) is 0 Å². The van der Waals surface area contributed by atoms with Gasteiger partial charge in [-0.2, -0.15) is 4.39 Å². The van der Waals surface area contributed by atoms with E-state index in [1.807, 2.05) is 18.2 Å². The van der Waals surface area contributed by atoms with Gasteiger partial charge in [0.05, 0.1) is 0 Å². The number of thiol groups is 1. The van der Waals surface area contributed by atoms with Crippen molar-refractivity contribution in [1.82, 2.24) is 0 Å². The number of rotatable bonds is 1. The molecular weight excluding hydrogens is 271 g/mol. The summed E-state index contributed by atoms with van der Waals surface area (Å²) in [5.41, 5.74) is 0.732. The lowest BCUT2D eigenvalue weighted by molar-refractivity contribution is 0.649. The molecule has 1 aromatic heterocycles. The highest BCUT2D eigenvalue weighted by Gasteiger charge is 2.10. The summed E-state index contributed by atoms with van der Waals surface area (Å²) in [6.07, 6.45) is 0. The van der Waals surface area contributed by atoms with Crippen LogP contribution < -0.4 is 0 Å². The van der Waals surface area contributed by atoms with Gasteiger partial charge in [-0.25, -0.2) is 0 Å². The molecular formula is C9H6BrFS2. The molecule has 0 saturated heterocycles. The van der Waals surface area contributed by atoms with Gasteiger partial charge in [0.1, 0.15) is 0 Å². The van der Waals surface area contributed by atoms with Crippen molar-refractivity contribution >= 4 is 50.0 Å². The average molecular weight is 277 g/mol. The summed E-state index contributed by atoms with van der Waals surface area (Å²) in [6.45, 7) is 0. The fourth-order valence-corrected chi connectivity index (χ4v) is 3.10. The SMILES string of the molecule is Fc1sc2ccc(S)cc2c1CBr. The molecule has 4 heteroatoms. The van der Waals surface area contributed by atoms with Gasteiger partial charge < -0.3 is 0 Å². The lowest BCUT2D eigenvalue weighted by Crippen LogP contribution is -1.77. The van der Waals surface area contributed by atoms with Gasteiger partial charge in [-0.05, 0) is 18.2 Å². The van der Waals surface area contributed by atoms with Crippen molar-refractivity contribution in [3.8, 4) is 0 Å². The van der Waals surface area contributed by atoms with Crippen molar-refractivity contribution in [3.63, 3.8) is 0 Å². The van der Waals surface area contributed by atoms with Gasteiger partial charge in [0.2, 0.25) is 0 Å². The van der Waals surface area contributed by atoms with E-state index in [4.69, 9.17) is 0 Å². The van der Waals surface area contributed by atoms with E-state index in [9.17, 15) is 4.39 Å². The van der Waals surface area contributed by atoms with Gasteiger partial charge in [-0.15, -0.1) is 24.0 Å². The molecule has 13 heavy (non-hydrogen) atoms. The highest BCUT2D eigenvalue weighted by Crippen LogP contribution is 2.32. The molecule has 0 aliphatic carbocycles. The Morgan fingerprint density at radius 2 is 2.23 bits per heavy atom. The molecule has 1 aromatic carbocycles. The van der Waals surface area contributed by atoms with Crippen LogP contribution >= 0.6 is 39.9 Å². The van der Waals surface area contributed by atoms with Gasteiger partial charge in [-0.3, -0.25) is 0 Å². The zero-order chi connectivity index (χ0) is 9.42. The van der Waals surface area contributed by atoms with E-state index < -0.39 is 0 Å². The van der Waals surface area contributed by atoms with Gasteiger partial charge in [0.25, 0.3) is 0 Å². The Labute approximate surface area is 93.3 Å². The summed E-state index contributed by atoms with van der Waals surface area (Å²) in [7, 11) is 0. The number of halogens is 2. The maximum absolute atomic E-state index is 13.3. The first-order valence-electron chi connectivity index (χ1n) is 3.68. The van der Waals surface area contributed by atoms with Crippen molar-refractivity contribution in [2.24, 2.45) is 0 Å². The zero-order valence-corrected chi connectivity index (χ0v) is 9.85. The topological polar surface area (TPSA) is 0 Å². The summed E-state index contributed by atoms with van der Waals surface area (Å²) < 4.78 is 14.3. The van der Waals surface area contributed by atoms with Crippen molar-refractivity contribution in [3.05, 3.63) is 28.9 Å². The Morgan fingerprint density at radius 1 is 1.46 bits per heavy atom. The predicted octanol–water partition coefficient (Wildman–Crippen LogP) is 4.22. The molecule has 0 radical (unpaired) electrons. The third kappa shape index (κ3) is 1.63.